The number of halogens is 6. The number of hydrogen-bond acceptors (Lipinski definition) is 5. The summed E-state index contributed by atoms with van der Waals surface area (Å²) in [7, 11) is 0. The van der Waals surface area contributed by atoms with Crippen LogP contribution in [0.3, 0.4) is 0 Å². The highest BCUT2D eigenvalue weighted by Crippen LogP contribution is 2.33. The fraction of sp³-hybridized carbons (Fsp3) is 0.111. The van der Waals surface area contributed by atoms with Crippen molar-refractivity contribution in [2.45, 2.75) is 12.5 Å². The monoisotopic (exact) mass is 446 g/mol. The van der Waals surface area contributed by atoms with Gasteiger partial charge >= 0.3 is 12.5 Å². The molecule has 0 saturated heterocycles. The van der Waals surface area contributed by atoms with Gasteiger partial charge in [0.05, 0.1) is 10.7 Å². The normalized spacial score (nSPS) is 11.6. The lowest BCUT2D eigenvalue weighted by Crippen LogP contribution is -2.33. The lowest BCUT2D eigenvalue weighted by Gasteiger charge is -2.29. The van der Waals surface area contributed by atoms with Crippen LogP contribution in [0, 0.1) is 5.21 Å². The van der Waals surface area contributed by atoms with E-state index in [1.54, 1.807) is 18.2 Å². The topological polar surface area (TPSA) is 61.3 Å². The van der Waals surface area contributed by atoms with Crippen molar-refractivity contribution in [3.05, 3.63) is 70.0 Å². The van der Waals surface area contributed by atoms with E-state index in [0.29, 0.717) is 21.3 Å². The van der Waals surface area contributed by atoms with Crippen molar-refractivity contribution in [1.82, 2.24) is 9.97 Å². The van der Waals surface area contributed by atoms with Crippen LogP contribution in [-0.2, 0) is 0 Å². The van der Waals surface area contributed by atoms with Crippen LogP contribution in [0.5, 0.6) is 5.75 Å². The maximum absolute atomic E-state index is 13.1. The molecule has 0 atom stereocenters. The molecule has 0 spiro atoms. The average Bonchev–Trinajstić information content (AvgIpc) is 2.69. The van der Waals surface area contributed by atoms with Gasteiger partial charge in [-0.3, -0.25) is 0 Å². The molecule has 2 aromatic carbocycles. The second-order valence-electron chi connectivity index (χ2n) is 5.62. The third-order valence-electron chi connectivity index (χ3n) is 3.59. The number of alkyl halides is 4. The van der Waals surface area contributed by atoms with Crippen molar-refractivity contribution in [2.24, 2.45) is 0 Å². The Balaban J connectivity index is 1.91. The maximum atomic E-state index is 13.1. The number of anilines is 2. The molecule has 0 aliphatic carbocycles. The molecule has 0 fully saturated rings. The Hall–Kier alpha value is -2.62. The molecule has 3 aromatic rings. The average molecular weight is 447 g/mol. The fourth-order valence-corrected chi connectivity index (χ4v) is 2.67. The minimum atomic E-state index is -4.70. The predicted octanol–water partition coefficient (Wildman–Crippen LogP) is 6.32. The first-order valence-corrected chi connectivity index (χ1v) is 8.64. The summed E-state index contributed by atoms with van der Waals surface area (Å²) < 4.78 is 54.8. The zero-order valence-corrected chi connectivity index (χ0v) is 15.7. The number of benzene rings is 2. The second kappa shape index (κ2) is 8.40. The number of rotatable bonds is 6. The van der Waals surface area contributed by atoms with Crippen LogP contribution in [0.15, 0.2) is 54.7 Å². The van der Waals surface area contributed by atoms with Crippen LogP contribution in [-0.4, -0.2) is 22.5 Å². The molecular weight excluding hydrogens is 437 g/mol. The Morgan fingerprint density at radius 3 is 2.55 bits per heavy atom. The Labute approximate surface area is 172 Å². The maximum Gasteiger partial charge on any atom is 0.461 e. The molecular formula is C18H10Cl2F4N3O2-. The van der Waals surface area contributed by atoms with Crippen LogP contribution >= 0.6 is 23.2 Å². The second-order valence-corrected chi connectivity index (χ2v) is 6.47. The summed E-state index contributed by atoms with van der Waals surface area (Å²) in [6, 6.07) is 10.5. The summed E-state index contributed by atoms with van der Waals surface area (Å²) in [6.07, 6.45) is -7.44. The summed E-state index contributed by atoms with van der Waals surface area (Å²) in [4.78, 5) is 7.95. The molecule has 0 radical (unpaired) electrons. The van der Waals surface area contributed by atoms with E-state index >= 15 is 0 Å². The largest absolute Gasteiger partial charge is 0.752 e. The summed E-state index contributed by atoms with van der Waals surface area (Å²) in [5, 5.41) is 13.5. The Kier molecular flexibility index (Phi) is 6.11. The van der Waals surface area contributed by atoms with Crippen LogP contribution in [0.4, 0.5) is 29.2 Å². The predicted molar refractivity (Wildman–Crippen MR) is 101 cm³/mol. The van der Waals surface area contributed by atoms with Crippen molar-refractivity contribution in [1.29, 1.82) is 0 Å². The van der Waals surface area contributed by atoms with Gasteiger partial charge in [-0.25, -0.2) is 9.97 Å². The molecule has 0 aliphatic heterocycles. The molecule has 0 amide bonds. The lowest BCUT2D eigenvalue weighted by molar-refractivity contribution is -0.253. The first-order chi connectivity index (χ1) is 13.7. The first kappa shape index (κ1) is 21.1. The third-order valence-corrected chi connectivity index (χ3v) is 4.15. The zero-order chi connectivity index (χ0) is 21.2. The molecule has 11 heteroatoms. The van der Waals surface area contributed by atoms with Gasteiger partial charge in [-0.1, -0.05) is 29.3 Å². The smallest absolute Gasteiger partial charge is 0.461 e. The van der Waals surface area contributed by atoms with Gasteiger partial charge in [0, 0.05) is 28.5 Å². The molecule has 29 heavy (non-hydrogen) atoms. The fourth-order valence-electron chi connectivity index (χ4n) is 2.28. The summed E-state index contributed by atoms with van der Waals surface area (Å²) in [5.74, 6) is -0.959. The van der Waals surface area contributed by atoms with Gasteiger partial charge < -0.3 is 15.0 Å². The van der Waals surface area contributed by atoms with Crippen LogP contribution in [0.1, 0.15) is 0 Å². The molecule has 0 bridgehead atoms. The Morgan fingerprint density at radius 1 is 1.07 bits per heavy atom. The number of aromatic nitrogens is 2. The van der Waals surface area contributed by atoms with Crippen LogP contribution in [0.25, 0.3) is 11.3 Å². The minimum Gasteiger partial charge on any atom is -0.752 e. The van der Waals surface area contributed by atoms with E-state index in [-0.39, 0.29) is 16.7 Å². The van der Waals surface area contributed by atoms with Gasteiger partial charge in [0.25, 0.3) is 0 Å². The SMILES string of the molecule is [O-]N(c1cccc(OC(F)(F)C(F)F)c1)c1nccc(-c2cc(Cl)ccc2Cl)n1. The van der Waals surface area contributed by atoms with E-state index in [1.807, 2.05) is 0 Å². The number of hydrogen-bond donors (Lipinski definition) is 0. The molecule has 1 heterocycles. The highest BCUT2D eigenvalue weighted by atomic mass is 35.5. The Bertz CT molecular complexity index is 1020. The van der Waals surface area contributed by atoms with E-state index < -0.39 is 18.3 Å². The zero-order valence-electron chi connectivity index (χ0n) is 14.2. The summed E-state index contributed by atoms with van der Waals surface area (Å²) in [5.41, 5.74) is 0.534. The third kappa shape index (κ3) is 4.87. The molecule has 3 rings (SSSR count). The van der Waals surface area contributed by atoms with Gasteiger partial charge in [0.15, 0.2) is 0 Å². The van der Waals surface area contributed by atoms with Gasteiger partial charge in [-0.05, 0) is 36.4 Å². The first-order valence-electron chi connectivity index (χ1n) is 7.88. The van der Waals surface area contributed by atoms with E-state index in [0.717, 1.165) is 12.1 Å². The minimum absolute atomic E-state index is 0.207. The molecule has 0 unspecified atom stereocenters. The molecule has 0 N–H and O–H groups in total. The van der Waals surface area contributed by atoms with Gasteiger partial charge in [-0.2, -0.15) is 17.6 Å². The lowest BCUT2D eigenvalue weighted by atomic mass is 10.1. The molecule has 152 valence electrons. The van der Waals surface area contributed by atoms with Crippen molar-refractivity contribution in [3.8, 4) is 17.0 Å². The summed E-state index contributed by atoms with van der Waals surface area (Å²) in [6.45, 7) is 0. The number of ether oxygens (including phenoxy) is 1. The van der Waals surface area contributed by atoms with E-state index in [4.69, 9.17) is 23.2 Å². The number of nitrogens with zero attached hydrogens (tertiary/aromatic N) is 3. The van der Waals surface area contributed by atoms with Crippen molar-refractivity contribution < 1.29 is 22.3 Å². The van der Waals surface area contributed by atoms with Crippen LogP contribution < -0.4 is 9.80 Å². The van der Waals surface area contributed by atoms with Crippen molar-refractivity contribution >= 4 is 34.8 Å². The van der Waals surface area contributed by atoms with E-state index in [2.05, 4.69) is 14.7 Å². The molecule has 5 nitrogen and oxygen atoms in total. The highest BCUT2D eigenvalue weighted by molar-refractivity contribution is 6.35. The van der Waals surface area contributed by atoms with Crippen molar-refractivity contribution in [2.75, 3.05) is 5.06 Å². The van der Waals surface area contributed by atoms with E-state index in [9.17, 15) is 22.8 Å². The Morgan fingerprint density at radius 2 is 1.83 bits per heavy atom. The van der Waals surface area contributed by atoms with Gasteiger partial charge in [-0.15, -0.1) is 0 Å². The van der Waals surface area contributed by atoms with Gasteiger partial charge in [0.2, 0.25) is 5.95 Å². The molecule has 0 saturated carbocycles. The molecule has 1 aromatic heterocycles. The van der Waals surface area contributed by atoms with Crippen molar-refractivity contribution in [3.63, 3.8) is 0 Å². The van der Waals surface area contributed by atoms with Gasteiger partial charge in [0.1, 0.15) is 5.75 Å². The summed E-state index contributed by atoms with van der Waals surface area (Å²) >= 11 is 12.1. The quantitative estimate of drug-likeness (QED) is 0.327. The molecule has 0 aliphatic rings. The van der Waals surface area contributed by atoms with Crippen LogP contribution in [0.2, 0.25) is 10.0 Å². The van der Waals surface area contributed by atoms with E-state index in [1.165, 1.54) is 24.4 Å². The highest BCUT2D eigenvalue weighted by Gasteiger charge is 2.44. The standard InChI is InChI=1S/C18H10Cl2F4N3O2/c19-10-4-5-14(20)13(8-10)15-6-7-25-17(26-15)27(28)11-2-1-3-12(9-11)29-18(23,24)16(21)22/h1-9,16H/q-1.